The molecule has 24 heavy (non-hydrogen) atoms. The van der Waals surface area contributed by atoms with E-state index in [1.54, 1.807) is 11.3 Å². The quantitative estimate of drug-likeness (QED) is 0.683. The Morgan fingerprint density at radius 3 is 2.96 bits per heavy atom. The Labute approximate surface area is 144 Å². The molecule has 1 aliphatic rings. The summed E-state index contributed by atoms with van der Waals surface area (Å²) in [6, 6.07) is 7.32. The molecule has 1 aliphatic heterocycles. The summed E-state index contributed by atoms with van der Waals surface area (Å²) in [4.78, 5) is 16.6. The van der Waals surface area contributed by atoms with E-state index in [1.165, 1.54) is 11.6 Å². The maximum absolute atomic E-state index is 13.1. The molecular formula is C18H17FN4S. The standard InChI is InChI=1S/C18H17FN4S/c1-12-13(4-5-17(19)21-12)10-23-7-6-15-14(11-23)9-20-18(22-15)16-3-2-8-24-16/h2-5,8-9H,6-7,10-11H2,1H3. The number of thiophene rings is 1. The average molecular weight is 340 g/mol. The van der Waals surface area contributed by atoms with E-state index in [1.807, 2.05) is 36.7 Å². The summed E-state index contributed by atoms with van der Waals surface area (Å²) in [6.45, 7) is 4.37. The third-order valence-electron chi connectivity index (χ3n) is 4.31. The van der Waals surface area contributed by atoms with E-state index < -0.39 is 5.95 Å². The predicted molar refractivity (Wildman–Crippen MR) is 92.1 cm³/mol. The lowest BCUT2D eigenvalue weighted by Crippen LogP contribution is -2.31. The minimum atomic E-state index is -0.422. The lowest BCUT2D eigenvalue weighted by molar-refractivity contribution is 0.242. The molecule has 0 spiro atoms. The van der Waals surface area contributed by atoms with Gasteiger partial charge in [-0.1, -0.05) is 12.1 Å². The van der Waals surface area contributed by atoms with E-state index in [0.29, 0.717) is 0 Å². The molecule has 0 bridgehead atoms. The second-order valence-corrected chi connectivity index (χ2v) is 6.93. The monoisotopic (exact) mass is 340 g/mol. The van der Waals surface area contributed by atoms with Crippen molar-refractivity contribution < 1.29 is 4.39 Å². The Morgan fingerprint density at radius 2 is 2.17 bits per heavy atom. The van der Waals surface area contributed by atoms with Crippen LogP contribution in [0.1, 0.15) is 22.5 Å². The molecule has 0 unspecified atom stereocenters. The van der Waals surface area contributed by atoms with Crippen molar-refractivity contribution in [3.05, 3.63) is 64.3 Å². The zero-order valence-electron chi connectivity index (χ0n) is 13.4. The van der Waals surface area contributed by atoms with Crippen LogP contribution < -0.4 is 0 Å². The lowest BCUT2D eigenvalue weighted by Gasteiger charge is -2.28. The highest BCUT2D eigenvalue weighted by atomic mass is 32.1. The van der Waals surface area contributed by atoms with E-state index in [4.69, 9.17) is 4.98 Å². The third kappa shape index (κ3) is 3.07. The normalized spacial score (nSPS) is 14.6. The van der Waals surface area contributed by atoms with Crippen molar-refractivity contribution >= 4 is 11.3 Å². The number of hydrogen-bond donors (Lipinski definition) is 0. The first kappa shape index (κ1) is 15.4. The molecule has 0 atom stereocenters. The highest BCUT2D eigenvalue weighted by Gasteiger charge is 2.19. The fourth-order valence-corrected chi connectivity index (χ4v) is 3.67. The molecule has 0 saturated carbocycles. The molecule has 6 heteroatoms. The molecule has 3 aromatic heterocycles. The van der Waals surface area contributed by atoms with Crippen molar-refractivity contribution in [1.82, 2.24) is 19.9 Å². The van der Waals surface area contributed by atoms with Crippen LogP contribution in [0.15, 0.2) is 35.8 Å². The molecule has 0 aliphatic carbocycles. The number of aryl methyl sites for hydroxylation is 1. The first-order valence-electron chi connectivity index (χ1n) is 7.92. The van der Waals surface area contributed by atoms with Gasteiger partial charge in [0, 0.05) is 43.5 Å². The van der Waals surface area contributed by atoms with Crippen molar-refractivity contribution in [3.63, 3.8) is 0 Å². The molecule has 0 N–H and O–H groups in total. The minimum absolute atomic E-state index is 0.422. The summed E-state index contributed by atoms with van der Waals surface area (Å²) in [5.41, 5.74) is 4.13. The van der Waals surface area contributed by atoms with E-state index in [2.05, 4.69) is 14.9 Å². The lowest BCUT2D eigenvalue weighted by atomic mass is 10.1. The largest absolute Gasteiger partial charge is 0.294 e. The van der Waals surface area contributed by atoms with E-state index in [-0.39, 0.29) is 0 Å². The molecule has 122 valence electrons. The molecule has 0 amide bonds. The van der Waals surface area contributed by atoms with Crippen LogP contribution in [0, 0.1) is 12.9 Å². The number of aromatic nitrogens is 3. The molecule has 3 aromatic rings. The van der Waals surface area contributed by atoms with Gasteiger partial charge in [0.1, 0.15) is 0 Å². The summed E-state index contributed by atoms with van der Waals surface area (Å²) < 4.78 is 13.1. The van der Waals surface area contributed by atoms with Gasteiger partial charge in [-0.3, -0.25) is 4.90 Å². The highest BCUT2D eigenvalue weighted by molar-refractivity contribution is 7.13. The van der Waals surface area contributed by atoms with Gasteiger partial charge < -0.3 is 0 Å². The Hall–Kier alpha value is -2.18. The van der Waals surface area contributed by atoms with E-state index in [9.17, 15) is 4.39 Å². The van der Waals surface area contributed by atoms with Gasteiger partial charge in [0.15, 0.2) is 5.82 Å². The summed E-state index contributed by atoms with van der Waals surface area (Å²) in [7, 11) is 0. The Kier molecular flexibility index (Phi) is 4.08. The minimum Gasteiger partial charge on any atom is -0.294 e. The maximum atomic E-state index is 13.1. The first-order chi connectivity index (χ1) is 11.7. The molecule has 0 fully saturated rings. The van der Waals surface area contributed by atoms with Crippen molar-refractivity contribution in [2.75, 3.05) is 6.54 Å². The summed E-state index contributed by atoms with van der Waals surface area (Å²) in [5, 5.41) is 2.04. The van der Waals surface area contributed by atoms with Crippen molar-refractivity contribution in [2.24, 2.45) is 0 Å². The predicted octanol–water partition coefficient (Wildman–Crippen LogP) is 3.61. The number of pyridine rings is 1. The van der Waals surface area contributed by atoms with Crippen LogP contribution in [0.5, 0.6) is 0 Å². The van der Waals surface area contributed by atoms with Crippen LogP contribution in [-0.2, 0) is 19.5 Å². The van der Waals surface area contributed by atoms with Gasteiger partial charge in [0.25, 0.3) is 0 Å². The van der Waals surface area contributed by atoms with Crippen LogP contribution in [0.4, 0.5) is 4.39 Å². The van der Waals surface area contributed by atoms with Gasteiger partial charge >= 0.3 is 0 Å². The number of rotatable bonds is 3. The fourth-order valence-electron chi connectivity index (χ4n) is 3.00. The van der Waals surface area contributed by atoms with Crippen molar-refractivity contribution in [2.45, 2.75) is 26.4 Å². The third-order valence-corrected chi connectivity index (χ3v) is 5.18. The fraction of sp³-hybridized carbons (Fsp3) is 0.278. The maximum Gasteiger partial charge on any atom is 0.213 e. The van der Waals surface area contributed by atoms with E-state index in [0.717, 1.165) is 53.7 Å². The van der Waals surface area contributed by atoms with Crippen LogP contribution in [0.3, 0.4) is 0 Å². The number of fused-ring (bicyclic) bond motifs is 1. The molecular weight excluding hydrogens is 323 g/mol. The first-order valence-corrected chi connectivity index (χ1v) is 8.80. The Morgan fingerprint density at radius 1 is 1.25 bits per heavy atom. The van der Waals surface area contributed by atoms with Gasteiger partial charge in [-0.05, 0) is 30.0 Å². The zero-order valence-corrected chi connectivity index (χ0v) is 14.2. The van der Waals surface area contributed by atoms with Crippen LogP contribution in [-0.4, -0.2) is 26.4 Å². The molecule has 0 aromatic carbocycles. The number of hydrogen-bond acceptors (Lipinski definition) is 5. The average Bonchev–Trinajstić information content (AvgIpc) is 3.11. The zero-order chi connectivity index (χ0) is 16.5. The van der Waals surface area contributed by atoms with Crippen molar-refractivity contribution in [3.8, 4) is 10.7 Å². The second kappa shape index (κ2) is 6.37. The second-order valence-electron chi connectivity index (χ2n) is 5.98. The van der Waals surface area contributed by atoms with Crippen LogP contribution >= 0.6 is 11.3 Å². The van der Waals surface area contributed by atoms with Crippen molar-refractivity contribution in [1.29, 1.82) is 0 Å². The molecule has 4 rings (SSSR count). The van der Waals surface area contributed by atoms with Crippen LogP contribution in [0.25, 0.3) is 10.7 Å². The van der Waals surface area contributed by atoms with Gasteiger partial charge in [0.2, 0.25) is 5.95 Å². The van der Waals surface area contributed by atoms with Gasteiger partial charge in [0.05, 0.1) is 10.6 Å². The summed E-state index contributed by atoms with van der Waals surface area (Å²) >= 11 is 1.66. The molecule has 4 heterocycles. The smallest absolute Gasteiger partial charge is 0.213 e. The molecule has 0 radical (unpaired) electrons. The highest BCUT2D eigenvalue weighted by Crippen LogP contribution is 2.25. The molecule has 4 nitrogen and oxygen atoms in total. The van der Waals surface area contributed by atoms with Gasteiger partial charge in [-0.2, -0.15) is 4.39 Å². The summed E-state index contributed by atoms with van der Waals surface area (Å²) in [5.74, 6) is 0.394. The van der Waals surface area contributed by atoms with Gasteiger partial charge in [-0.15, -0.1) is 11.3 Å². The van der Waals surface area contributed by atoms with E-state index >= 15 is 0 Å². The van der Waals surface area contributed by atoms with Gasteiger partial charge in [-0.25, -0.2) is 15.0 Å². The summed E-state index contributed by atoms with van der Waals surface area (Å²) in [6.07, 6.45) is 2.85. The SMILES string of the molecule is Cc1nc(F)ccc1CN1CCc2nc(-c3cccs3)ncc2C1. The Bertz CT molecular complexity index is 863. The van der Waals surface area contributed by atoms with Crippen LogP contribution in [0.2, 0.25) is 0 Å². The Balaban J connectivity index is 1.52. The molecule has 0 saturated heterocycles. The number of halogens is 1. The number of nitrogens with zero attached hydrogens (tertiary/aromatic N) is 4. The topological polar surface area (TPSA) is 41.9 Å².